The fourth-order valence-electron chi connectivity index (χ4n) is 1.43. The summed E-state index contributed by atoms with van der Waals surface area (Å²) in [7, 11) is 2.08. The summed E-state index contributed by atoms with van der Waals surface area (Å²) < 4.78 is 2.15. The molecule has 0 bridgehead atoms. The largest absolute Gasteiger partial charge is 0.338 e. The van der Waals surface area contributed by atoms with Gasteiger partial charge in [0.15, 0.2) is 0 Å². The van der Waals surface area contributed by atoms with E-state index in [1.807, 2.05) is 0 Å². The van der Waals surface area contributed by atoms with E-state index in [4.69, 9.17) is 0 Å². The molecule has 0 radical (unpaired) electrons. The smallest absolute Gasteiger partial charge is 0.108 e. The number of hydrogen-bond donors (Lipinski definition) is 0. The third-order valence-corrected chi connectivity index (χ3v) is 2.30. The molecule has 0 spiro atoms. The second-order valence-corrected chi connectivity index (χ2v) is 3.32. The van der Waals surface area contributed by atoms with Crippen molar-refractivity contribution in [2.75, 3.05) is 0 Å². The second kappa shape index (κ2) is 2.36. The van der Waals surface area contributed by atoms with Crippen molar-refractivity contribution in [2.24, 2.45) is 7.05 Å². The van der Waals surface area contributed by atoms with Crippen LogP contribution in [0.25, 0.3) is 0 Å². The minimum Gasteiger partial charge on any atom is -0.338 e. The van der Waals surface area contributed by atoms with Crippen LogP contribution in [-0.4, -0.2) is 9.55 Å². The summed E-state index contributed by atoms with van der Waals surface area (Å²) in [6.07, 6.45) is 5.92. The molecule has 2 heteroatoms. The molecular formula is C9H14N2. The zero-order valence-electron chi connectivity index (χ0n) is 7.17. The van der Waals surface area contributed by atoms with Gasteiger partial charge < -0.3 is 4.57 Å². The van der Waals surface area contributed by atoms with E-state index in [-0.39, 0.29) is 0 Å². The van der Waals surface area contributed by atoms with Gasteiger partial charge >= 0.3 is 0 Å². The lowest BCUT2D eigenvalue weighted by atomic mass is 10.3. The lowest BCUT2D eigenvalue weighted by Crippen LogP contribution is -1.93. The SMILES string of the molecule is CCc1nc(C2CC2)cn1C. The van der Waals surface area contributed by atoms with E-state index in [0.29, 0.717) is 0 Å². The summed E-state index contributed by atoms with van der Waals surface area (Å²) in [4.78, 5) is 4.55. The van der Waals surface area contributed by atoms with Crippen LogP contribution in [0.15, 0.2) is 6.20 Å². The van der Waals surface area contributed by atoms with E-state index in [1.165, 1.54) is 24.4 Å². The van der Waals surface area contributed by atoms with Crippen molar-refractivity contribution in [1.29, 1.82) is 0 Å². The number of hydrogen-bond acceptors (Lipinski definition) is 1. The van der Waals surface area contributed by atoms with E-state index in [1.54, 1.807) is 0 Å². The van der Waals surface area contributed by atoms with Crippen LogP contribution in [0.2, 0.25) is 0 Å². The molecule has 0 unspecified atom stereocenters. The average Bonchev–Trinajstić information content (AvgIpc) is 2.76. The average molecular weight is 150 g/mol. The highest BCUT2D eigenvalue weighted by Gasteiger charge is 2.26. The van der Waals surface area contributed by atoms with Gasteiger partial charge in [0.25, 0.3) is 0 Å². The van der Waals surface area contributed by atoms with Gasteiger partial charge in [0.2, 0.25) is 0 Å². The first-order valence-electron chi connectivity index (χ1n) is 4.33. The highest BCUT2D eigenvalue weighted by atomic mass is 15.0. The minimum absolute atomic E-state index is 0.793. The maximum atomic E-state index is 4.55. The Bertz CT molecular complexity index is 259. The zero-order chi connectivity index (χ0) is 7.84. The van der Waals surface area contributed by atoms with Crippen molar-refractivity contribution in [1.82, 2.24) is 9.55 Å². The molecule has 2 rings (SSSR count). The molecule has 0 amide bonds. The van der Waals surface area contributed by atoms with Crippen molar-refractivity contribution in [3.8, 4) is 0 Å². The number of aryl methyl sites for hydroxylation is 2. The van der Waals surface area contributed by atoms with Crippen molar-refractivity contribution in [2.45, 2.75) is 32.1 Å². The Hall–Kier alpha value is -0.790. The molecule has 1 fully saturated rings. The zero-order valence-corrected chi connectivity index (χ0v) is 7.17. The molecule has 0 N–H and O–H groups in total. The predicted molar refractivity (Wildman–Crippen MR) is 44.6 cm³/mol. The Kier molecular flexibility index (Phi) is 1.48. The van der Waals surface area contributed by atoms with Gasteiger partial charge in [0.1, 0.15) is 5.82 Å². The molecule has 0 atom stereocenters. The molecule has 11 heavy (non-hydrogen) atoms. The van der Waals surface area contributed by atoms with Crippen LogP contribution in [0, 0.1) is 0 Å². The lowest BCUT2D eigenvalue weighted by Gasteiger charge is -1.92. The van der Waals surface area contributed by atoms with Gasteiger partial charge in [-0.25, -0.2) is 4.98 Å². The Labute approximate surface area is 67.3 Å². The van der Waals surface area contributed by atoms with Gasteiger partial charge in [0.05, 0.1) is 5.69 Å². The number of aromatic nitrogens is 2. The molecular weight excluding hydrogens is 136 g/mol. The van der Waals surface area contributed by atoms with Crippen molar-refractivity contribution >= 4 is 0 Å². The normalized spacial score (nSPS) is 17.3. The quantitative estimate of drug-likeness (QED) is 0.629. The molecule has 1 saturated carbocycles. The molecule has 60 valence electrons. The minimum atomic E-state index is 0.793. The Morgan fingerprint density at radius 3 is 2.82 bits per heavy atom. The number of nitrogens with zero attached hydrogens (tertiary/aromatic N) is 2. The summed E-state index contributed by atoms with van der Waals surface area (Å²) in [6, 6.07) is 0. The van der Waals surface area contributed by atoms with Gasteiger partial charge in [-0.1, -0.05) is 6.92 Å². The first-order chi connectivity index (χ1) is 5.31. The molecule has 2 nitrogen and oxygen atoms in total. The monoisotopic (exact) mass is 150 g/mol. The Balaban J connectivity index is 2.28. The highest BCUT2D eigenvalue weighted by molar-refractivity contribution is 5.14. The molecule has 1 aliphatic rings. The lowest BCUT2D eigenvalue weighted by molar-refractivity contribution is 0.807. The molecule has 1 heterocycles. The van der Waals surface area contributed by atoms with E-state index in [2.05, 4.69) is 29.7 Å². The van der Waals surface area contributed by atoms with Crippen molar-refractivity contribution in [3.63, 3.8) is 0 Å². The van der Waals surface area contributed by atoms with Crippen LogP contribution in [0.5, 0.6) is 0 Å². The first kappa shape index (κ1) is 6.89. The van der Waals surface area contributed by atoms with E-state index in [0.717, 1.165) is 12.3 Å². The van der Waals surface area contributed by atoms with Crippen molar-refractivity contribution in [3.05, 3.63) is 17.7 Å². The van der Waals surface area contributed by atoms with Crippen molar-refractivity contribution < 1.29 is 0 Å². The molecule has 0 aromatic carbocycles. The van der Waals surface area contributed by atoms with E-state index >= 15 is 0 Å². The Morgan fingerprint density at radius 2 is 2.36 bits per heavy atom. The fourth-order valence-corrected chi connectivity index (χ4v) is 1.43. The molecule has 0 aliphatic heterocycles. The van der Waals surface area contributed by atoms with Crippen LogP contribution in [0.4, 0.5) is 0 Å². The van der Waals surface area contributed by atoms with Crippen LogP contribution in [0.1, 0.15) is 37.2 Å². The van der Waals surface area contributed by atoms with Crippen LogP contribution in [-0.2, 0) is 13.5 Å². The molecule has 1 aliphatic carbocycles. The topological polar surface area (TPSA) is 17.8 Å². The number of rotatable bonds is 2. The second-order valence-electron chi connectivity index (χ2n) is 3.32. The van der Waals surface area contributed by atoms with Gasteiger partial charge in [-0.2, -0.15) is 0 Å². The maximum Gasteiger partial charge on any atom is 0.108 e. The standard InChI is InChI=1S/C9H14N2/c1-3-9-10-8(6-11(9)2)7-4-5-7/h6-7H,3-5H2,1-2H3. The van der Waals surface area contributed by atoms with Gasteiger partial charge in [-0.05, 0) is 12.8 Å². The van der Waals surface area contributed by atoms with Gasteiger partial charge in [-0.3, -0.25) is 0 Å². The van der Waals surface area contributed by atoms with Crippen LogP contribution >= 0.6 is 0 Å². The van der Waals surface area contributed by atoms with E-state index in [9.17, 15) is 0 Å². The predicted octanol–water partition coefficient (Wildman–Crippen LogP) is 1.86. The molecule has 1 aromatic heterocycles. The van der Waals surface area contributed by atoms with Gasteiger partial charge in [-0.15, -0.1) is 0 Å². The summed E-state index contributed by atoms with van der Waals surface area (Å²) in [6.45, 7) is 2.15. The van der Waals surface area contributed by atoms with E-state index < -0.39 is 0 Å². The summed E-state index contributed by atoms with van der Waals surface area (Å²) >= 11 is 0. The van der Waals surface area contributed by atoms with Crippen LogP contribution < -0.4 is 0 Å². The van der Waals surface area contributed by atoms with Crippen LogP contribution in [0.3, 0.4) is 0 Å². The summed E-state index contributed by atoms with van der Waals surface area (Å²) in [5.74, 6) is 2.01. The third kappa shape index (κ3) is 1.17. The maximum absolute atomic E-state index is 4.55. The summed E-state index contributed by atoms with van der Waals surface area (Å²) in [5, 5.41) is 0. The highest BCUT2D eigenvalue weighted by Crippen LogP contribution is 2.39. The summed E-state index contributed by atoms with van der Waals surface area (Å²) in [5.41, 5.74) is 1.31. The number of imidazole rings is 1. The molecule has 1 aromatic rings. The third-order valence-electron chi connectivity index (χ3n) is 2.30. The molecule has 0 saturated heterocycles. The fraction of sp³-hybridized carbons (Fsp3) is 0.667. The Morgan fingerprint density at radius 1 is 1.64 bits per heavy atom. The first-order valence-corrected chi connectivity index (χ1v) is 4.33. The van der Waals surface area contributed by atoms with Gasteiger partial charge in [0, 0.05) is 25.6 Å².